The molecule has 3 aromatic rings. The molecule has 3 heteroatoms. The van der Waals surface area contributed by atoms with Crippen LogP contribution in [0.2, 0.25) is 0 Å². The summed E-state index contributed by atoms with van der Waals surface area (Å²) in [6.45, 7) is 0.859. The van der Waals surface area contributed by atoms with Gasteiger partial charge in [0.25, 0.3) is 0 Å². The van der Waals surface area contributed by atoms with Crippen molar-refractivity contribution in [2.24, 2.45) is 0 Å². The van der Waals surface area contributed by atoms with Gasteiger partial charge in [-0.1, -0.05) is 24.3 Å². The van der Waals surface area contributed by atoms with Crippen molar-refractivity contribution in [3.05, 3.63) is 83.9 Å². The van der Waals surface area contributed by atoms with Gasteiger partial charge in [-0.3, -0.25) is 4.98 Å². The second kappa shape index (κ2) is 4.62. The second-order valence-corrected chi connectivity index (χ2v) is 5.03. The molecule has 0 amide bonds. The Bertz CT molecular complexity index is 731. The molecule has 0 saturated heterocycles. The highest BCUT2D eigenvalue weighted by atomic mass is 15.1. The predicted molar refractivity (Wildman–Crippen MR) is 78.7 cm³/mol. The van der Waals surface area contributed by atoms with E-state index in [9.17, 15) is 0 Å². The number of para-hydroxylation sites is 1. The lowest BCUT2D eigenvalue weighted by Gasteiger charge is -2.17. The van der Waals surface area contributed by atoms with E-state index in [1.54, 1.807) is 0 Å². The lowest BCUT2D eigenvalue weighted by Crippen LogP contribution is -2.21. The Balaban J connectivity index is 1.88. The lowest BCUT2D eigenvalue weighted by atomic mass is 10.1. The Morgan fingerprint density at radius 1 is 1.05 bits per heavy atom. The number of rotatable bonds is 1. The van der Waals surface area contributed by atoms with Crippen LogP contribution >= 0.6 is 0 Å². The minimum atomic E-state index is 0.172. The molecular weight excluding hydrogens is 246 g/mol. The monoisotopic (exact) mass is 261 g/mol. The topological polar surface area (TPSA) is 29.9 Å². The van der Waals surface area contributed by atoms with Gasteiger partial charge in [0.15, 0.2) is 0 Å². The Morgan fingerprint density at radius 3 is 2.90 bits per heavy atom. The zero-order valence-corrected chi connectivity index (χ0v) is 11.0. The van der Waals surface area contributed by atoms with Gasteiger partial charge in [-0.2, -0.15) is 0 Å². The maximum atomic E-state index is 4.25. The minimum Gasteiger partial charge on any atom is -0.319 e. The summed E-state index contributed by atoms with van der Waals surface area (Å²) in [5.74, 6) is 0. The largest absolute Gasteiger partial charge is 0.319 e. The quantitative estimate of drug-likeness (QED) is 0.729. The lowest BCUT2D eigenvalue weighted by molar-refractivity contribution is 0.599. The summed E-state index contributed by atoms with van der Waals surface area (Å²) in [5, 5.41) is 3.64. The van der Waals surface area contributed by atoms with E-state index in [1.165, 1.54) is 22.5 Å². The Morgan fingerprint density at radius 2 is 2.00 bits per heavy atom. The summed E-state index contributed by atoms with van der Waals surface area (Å²) in [5.41, 5.74) is 5.02. The van der Waals surface area contributed by atoms with E-state index < -0.39 is 0 Å². The van der Waals surface area contributed by atoms with E-state index >= 15 is 0 Å². The van der Waals surface area contributed by atoms with Crippen LogP contribution in [0.5, 0.6) is 0 Å². The zero-order valence-electron chi connectivity index (χ0n) is 11.0. The van der Waals surface area contributed by atoms with Crippen molar-refractivity contribution in [1.29, 1.82) is 0 Å². The number of benzene rings is 1. The van der Waals surface area contributed by atoms with E-state index in [0.29, 0.717) is 0 Å². The van der Waals surface area contributed by atoms with Gasteiger partial charge in [0.1, 0.15) is 0 Å². The van der Waals surface area contributed by atoms with E-state index in [0.717, 1.165) is 6.54 Å². The fourth-order valence-corrected chi connectivity index (χ4v) is 2.90. The van der Waals surface area contributed by atoms with E-state index in [-0.39, 0.29) is 6.04 Å². The number of hydrogen-bond donors (Lipinski definition) is 1. The molecule has 4 rings (SSSR count). The normalized spacial score (nSPS) is 17.1. The third kappa shape index (κ3) is 1.75. The first kappa shape index (κ1) is 11.4. The third-order valence-corrected chi connectivity index (χ3v) is 3.84. The number of nitrogens with one attached hydrogen (secondary N) is 1. The Hall–Kier alpha value is -2.39. The van der Waals surface area contributed by atoms with Crippen molar-refractivity contribution in [3.8, 4) is 5.69 Å². The molecule has 2 aromatic heterocycles. The number of fused-ring (bicyclic) bond motifs is 3. The predicted octanol–water partition coefficient (Wildman–Crippen LogP) is 3.06. The van der Waals surface area contributed by atoms with Gasteiger partial charge in [-0.05, 0) is 35.4 Å². The van der Waals surface area contributed by atoms with Gasteiger partial charge < -0.3 is 9.88 Å². The molecule has 0 radical (unpaired) electrons. The highest BCUT2D eigenvalue weighted by molar-refractivity contribution is 5.46. The van der Waals surface area contributed by atoms with Crippen LogP contribution in [0.4, 0.5) is 0 Å². The van der Waals surface area contributed by atoms with Crippen LogP contribution in [-0.2, 0) is 6.54 Å². The van der Waals surface area contributed by atoms with Gasteiger partial charge in [-0.15, -0.1) is 0 Å². The van der Waals surface area contributed by atoms with Gasteiger partial charge >= 0.3 is 0 Å². The fourth-order valence-electron chi connectivity index (χ4n) is 2.90. The maximum Gasteiger partial charge on any atom is 0.0752 e. The van der Waals surface area contributed by atoms with Crippen molar-refractivity contribution < 1.29 is 0 Å². The van der Waals surface area contributed by atoms with Crippen LogP contribution in [-0.4, -0.2) is 9.55 Å². The fraction of sp³-hybridized carbons (Fsp3) is 0.118. The van der Waals surface area contributed by atoms with Crippen molar-refractivity contribution in [2.75, 3.05) is 0 Å². The molecule has 1 aliphatic heterocycles. The average molecular weight is 261 g/mol. The Kier molecular flexibility index (Phi) is 2.64. The second-order valence-electron chi connectivity index (χ2n) is 5.03. The number of hydrogen-bond acceptors (Lipinski definition) is 2. The smallest absolute Gasteiger partial charge is 0.0752 e. The van der Waals surface area contributed by atoms with Crippen LogP contribution < -0.4 is 5.32 Å². The van der Waals surface area contributed by atoms with Crippen molar-refractivity contribution in [3.63, 3.8) is 0 Å². The van der Waals surface area contributed by atoms with E-state index in [2.05, 4.69) is 63.5 Å². The van der Waals surface area contributed by atoms with Crippen LogP contribution in [0.3, 0.4) is 0 Å². The van der Waals surface area contributed by atoms with Crippen LogP contribution in [0.15, 0.2) is 67.1 Å². The van der Waals surface area contributed by atoms with E-state index in [1.807, 2.05) is 18.5 Å². The standard InChI is InChI=1S/C17H15N3/c1-2-7-15-13(5-1)12-19-17(14-6-3-9-18-11-14)16-8-4-10-20(15)16/h1-11,17,19H,12H2. The molecule has 1 unspecified atom stereocenters. The average Bonchev–Trinajstić information content (AvgIpc) is 2.93. The first-order chi connectivity index (χ1) is 9.93. The maximum absolute atomic E-state index is 4.25. The molecule has 3 nitrogen and oxygen atoms in total. The van der Waals surface area contributed by atoms with Crippen LogP contribution in [0.25, 0.3) is 5.69 Å². The number of aromatic nitrogens is 2. The summed E-state index contributed by atoms with van der Waals surface area (Å²) in [6, 6.07) is 17.1. The third-order valence-electron chi connectivity index (χ3n) is 3.84. The number of nitrogens with zero attached hydrogens (tertiary/aromatic N) is 2. The number of pyridine rings is 1. The molecule has 3 heterocycles. The molecule has 0 spiro atoms. The molecule has 0 saturated carbocycles. The molecule has 98 valence electrons. The highest BCUT2D eigenvalue weighted by Crippen LogP contribution is 2.29. The van der Waals surface area contributed by atoms with Crippen molar-refractivity contribution in [2.45, 2.75) is 12.6 Å². The molecule has 20 heavy (non-hydrogen) atoms. The SMILES string of the molecule is c1cncc(C2NCc3ccccc3-n3cccc32)c1. The van der Waals surface area contributed by atoms with Crippen molar-refractivity contribution in [1.82, 2.24) is 14.9 Å². The molecular formula is C17H15N3. The molecule has 1 aliphatic rings. The van der Waals surface area contributed by atoms with Gasteiger partial charge in [0, 0.05) is 36.5 Å². The van der Waals surface area contributed by atoms with Crippen LogP contribution in [0, 0.1) is 0 Å². The summed E-state index contributed by atoms with van der Waals surface area (Å²) in [7, 11) is 0. The molecule has 0 aliphatic carbocycles. The first-order valence-electron chi connectivity index (χ1n) is 6.82. The van der Waals surface area contributed by atoms with Gasteiger partial charge in [0.05, 0.1) is 6.04 Å². The summed E-state index contributed by atoms with van der Waals surface area (Å²) < 4.78 is 2.27. The molecule has 1 aromatic carbocycles. The summed E-state index contributed by atoms with van der Waals surface area (Å²) in [4.78, 5) is 4.25. The summed E-state index contributed by atoms with van der Waals surface area (Å²) >= 11 is 0. The molecule has 0 bridgehead atoms. The minimum absolute atomic E-state index is 0.172. The van der Waals surface area contributed by atoms with Crippen LogP contribution in [0.1, 0.15) is 22.9 Å². The van der Waals surface area contributed by atoms with Gasteiger partial charge in [0.2, 0.25) is 0 Å². The Labute approximate surface area is 117 Å². The zero-order chi connectivity index (χ0) is 13.4. The molecule has 0 fully saturated rings. The highest BCUT2D eigenvalue weighted by Gasteiger charge is 2.22. The molecule has 1 N–H and O–H groups in total. The molecule has 1 atom stereocenters. The van der Waals surface area contributed by atoms with E-state index in [4.69, 9.17) is 0 Å². The summed E-state index contributed by atoms with van der Waals surface area (Å²) in [6.07, 6.45) is 5.88. The first-order valence-corrected chi connectivity index (χ1v) is 6.82. The van der Waals surface area contributed by atoms with Gasteiger partial charge in [-0.25, -0.2) is 0 Å². The van der Waals surface area contributed by atoms with Crippen molar-refractivity contribution >= 4 is 0 Å².